The molecule has 0 bridgehead atoms. The minimum absolute atomic E-state index is 0. The van der Waals surface area contributed by atoms with Crippen LogP contribution in [0.15, 0.2) is 71.7 Å². The molecule has 1 aromatic heterocycles. The highest BCUT2D eigenvalue weighted by atomic mass is 79.9. The summed E-state index contributed by atoms with van der Waals surface area (Å²) < 4.78 is 21.5. The van der Waals surface area contributed by atoms with E-state index in [2.05, 4.69) is 20.9 Å². The minimum atomic E-state index is -0.714. The van der Waals surface area contributed by atoms with Crippen LogP contribution in [-0.4, -0.2) is 34.7 Å². The van der Waals surface area contributed by atoms with Crippen molar-refractivity contribution in [1.82, 2.24) is 9.55 Å². The lowest BCUT2D eigenvalue weighted by Gasteiger charge is -2.28. The smallest absolute Gasteiger partial charge is 0.187 e. The van der Waals surface area contributed by atoms with Crippen molar-refractivity contribution in [2.45, 2.75) is 31.3 Å². The second-order valence-electron chi connectivity index (χ2n) is 7.09. The van der Waals surface area contributed by atoms with E-state index in [1.54, 1.807) is 12.5 Å². The molecular formula is C22H23BrCl2N2O3. The van der Waals surface area contributed by atoms with Crippen LogP contribution in [0, 0.1) is 0 Å². The molecule has 4 rings (SSSR count). The van der Waals surface area contributed by atoms with Gasteiger partial charge in [-0.05, 0) is 48.4 Å². The molecule has 0 N–H and O–H groups in total. The summed E-state index contributed by atoms with van der Waals surface area (Å²) in [5.41, 5.74) is 1.20. The molecular weight excluding hydrogens is 491 g/mol. The zero-order valence-corrected chi connectivity index (χ0v) is 19.4. The Morgan fingerprint density at radius 1 is 1.17 bits per heavy atom. The Hall–Kier alpha value is -1.57. The molecule has 0 aliphatic carbocycles. The maximum Gasteiger partial charge on any atom is 0.187 e. The molecule has 0 amide bonds. The Labute approximate surface area is 195 Å². The number of nitrogens with zero attached hydrogens (tertiary/aromatic N) is 2. The number of imidazole rings is 1. The monoisotopic (exact) mass is 512 g/mol. The predicted molar refractivity (Wildman–Crippen MR) is 122 cm³/mol. The molecule has 5 nitrogen and oxygen atoms in total. The third-order valence-corrected chi connectivity index (χ3v) is 5.63. The van der Waals surface area contributed by atoms with Crippen LogP contribution >= 0.6 is 39.9 Å². The SMILES string of the molecule is Cl.Clc1ccc(CC[C@@]2(Cn3ccnc3)OC[C@@H](COc3ccc(Br)cc3)O2)cc1. The lowest BCUT2D eigenvalue weighted by molar-refractivity contribution is -0.184. The van der Waals surface area contributed by atoms with Crippen molar-refractivity contribution >= 4 is 39.9 Å². The molecule has 30 heavy (non-hydrogen) atoms. The first-order chi connectivity index (χ1) is 14.1. The highest BCUT2D eigenvalue weighted by Gasteiger charge is 2.42. The van der Waals surface area contributed by atoms with Crippen LogP contribution in [0.2, 0.25) is 5.02 Å². The molecule has 0 unspecified atom stereocenters. The zero-order valence-electron chi connectivity index (χ0n) is 16.2. The number of hydrogen-bond donors (Lipinski definition) is 0. The van der Waals surface area contributed by atoms with Gasteiger partial charge in [-0.2, -0.15) is 0 Å². The Balaban J connectivity index is 0.00000256. The molecule has 1 aliphatic rings. The van der Waals surface area contributed by atoms with Crippen molar-refractivity contribution < 1.29 is 14.2 Å². The molecule has 2 aromatic carbocycles. The second-order valence-corrected chi connectivity index (χ2v) is 8.44. The van der Waals surface area contributed by atoms with Crippen LogP contribution in [0.3, 0.4) is 0 Å². The zero-order chi connectivity index (χ0) is 20.1. The van der Waals surface area contributed by atoms with Gasteiger partial charge >= 0.3 is 0 Å². The van der Waals surface area contributed by atoms with Gasteiger partial charge in [-0.1, -0.05) is 39.7 Å². The predicted octanol–water partition coefficient (Wildman–Crippen LogP) is 5.54. The molecule has 1 aliphatic heterocycles. The van der Waals surface area contributed by atoms with E-state index in [0.717, 1.165) is 28.1 Å². The average molecular weight is 514 g/mol. The van der Waals surface area contributed by atoms with Gasteiger partial charge in [0, 0.05) is 28.3 Å². The standard InChI is InChI=1S/C22H22BrClN2O3.ClH/c23-18-3-7-20(8-4-18)27-13-21-14-28-22(29-21,15-26-12-11-25-16-26)10-9-17-1-5-19(24)6-2-17;/h1-8,11-12,16,21H,9-10,13-15H2;1H/t21-,22-;/m1./s1. The van der Waals surface area contributed by atoms with Gasteiger partial charge in [0.1, 0.15) is 18.5 Å². The fourth-order valence-corrected chi connectivity index (χ4v) is 3.75. The Morgan fingerprint density at radius 3 is 2.63 bits per heavy atom. The molecule has 8 heteroatoms. The highest BCUT2D eigenvalue weighted by molar-refractivity contribution is 9.10. The number of benzene rings is 2. The lowest BCUT2D eigenvalue weighted by Crippen LogP contribution is -2.37. The fraction of sp³-hybridized carbons (Fsp3) is 0.318. The Bertz CT molecular complexity index is 907. The van der Waals surface area contributed by atoms with Crippen molar-refractivity contribution in [3.05, 3.63) is 82.3 Å². The maximum atomic E-state index is 6.38. The van der Waals surface area contributed by atoms with Gasteiger partial charge in [0.2, 0.25) is 0 Å². The summed E-state index contributed by atoms with van der Waals surface area (Å²) in [5.74, 6) is 0.0960. The first kappa shape index (κ1) is 23.1. The van der Waals surface area contributed by atoms with E-state index in [0.29, 0.717) is 19.8 Å². The number of ether oxygens (including phenoxy) is 3. The fourth-order valence-electron chi connectivity index (χ4n) is 3.36. The first-order valence-electron chi connectivity index (χ1n) is 9.51. The van der Waals surface area contributed by atoms with Gasteiger partial charge < -0.3 is 18.8 Å². The topological polar surface area (TPSA) is 45.5 Å². The first-order valence-corrected chi connectivity index (χ1v) is 10.7. The Kier molecular flexibility index (Phi) is 8.20. The summed E-state index contributed by atoms with van der Waals surface area (Å²) in [6.07, 6.45) is 6.88. The van der Waals surface area contributed by atoms with Gasteiger partial charge in [-0.15, -0.1) is 12.4 Å². The highest BCUT2D eigenvalue weighted by Crippen LogP contribution is 2.31. The molecule has 1 saturated heterocycles. The van der Waals surface area contributed by atoms with E-state index >= 15 is 0 Å². The molecule has 1 fully saturated rings. The summed E-state index contributed by atoms with van der Waals surface area (Å²) in [6, 6.07) is 15.7. The molecule has 0 radical (unpaired) electrons. The van der Waals surface area contributed by atoms with Crippen LogP contribution in [-0.2, 0) is 22.4 Å². The molecule has 160 valence electrons. The summed E-state index contributed by atoms with van der Waals surface area (Å²) >= 11 is 9.43. The molecule has 2 heterocycles. The van der Waals surface area contributed by atoms with Crippen molar-refractivity contribution in [3.63, 3.8) is 0 Å². The van der Waals surface area contributed by atoms with Crippen molar-refractivity contribution in [2.24, 2.45) is 0 Å². The average Bonchev–Trinajstić information content (AvgIpc) is 3.38. The van der Waals surface area contributed by atoms with Crippen LogP contribution in [0.1, 0.15) is 12.0 Å². The van der Waals surface area contributed by atoms with Gasteiger partial charge in [0.15, 0.2) is 5.79 Å². The lowest BCUT2D eigenvalue weighted by atomic mass is 10.0. The normalized spacial score (nSPS) is 20.7. The second kappa shape index (κ2) is 10.6. The van der Waals surface area contributed by atoms with E-state index < -0.39 is 5.79 Å². The third kappa shape index (κ3) is 6.22. The number of hydrogen-bond acceptors (Lipinski definition) is 4. The van der Waals surface area contributed by atoms with Crippen LogP contribution < -0.4 is 4.74 Å². The Morgan fingerprint density at radius 2 is 1.93 bits per heavy atom. The number of aromatic nitrogens is 2. The van der Waals surface area contributed by atoms with E-state index in [1.807, 2.05) is 59.3 Å². The summed E-state index contributed by atoms with van der Waals surface area (Å²) in [6.45, 7) is 1.51. The van der Waals surface area contributed by atoms with Gasteiger partial charge in [-0.3, -0.25) is 0 Å². The van der Waals surface area contributed by atoms with Crippen LogP contribution in [0.5, 0.6) is 5.75 Å². The van der Waals surface area contributed by atoms with Crippen LogP contribution in [0.25, 0.3) is 0 Å². The number of rotatable bonds is 8. The number of aryl methyl sites for hydroxylation is 1. The van der Waals surface area contributed by atoms with Gasteiger partial charge in [0.05, 0.1) is 19.5 Å². The van der Waals surface area contributed by atoms with Crippen molar-refractivity contribution in [2.75, 3.05) is 13.2 Å². The van der Waals surface area contributed by atoms with E-state index in [-0.39, 0.29) is 18.5 Å². The van der Waals surface area contributed by atoms with E-state index in [1.165, 1.54) is 5.56 Å². The number of halogens is 3. The largest absolute Gasteiger partial charge is 0.491 e. The summed E-state index contributed by atoms with van der Waals surface area (Å²) in [5, 5.41) is 0.736. The minimum Gasteiger partial charge on any atom is -0.491 e. The molecule has 2 atom stereocenters. The van der Waals surface area contributed by atoms with Crippen molar-refractivity contribution in [3.8, 4) is 5.75 Å². The van der Waals surface area contributed by atoms with Gasteiger partial charge in [0.25, 0.3) is 0 Å². The molecule has 0 saturated carbocycles. The maximum absolute atomic E-state index is 6.38. The molecule has 3 aromatic rings. The van der Waals surface area contributed by atoms with Crippen LogP contribution in [0.4, 0.5) is 0 Å². The summed E-state index contributed by atoms with van der Waals surface area (Å²) in [7, 11) is 0. The summed E-state index contributed by atoms with van der Waals surface area (Å²) in [4.78, 5) is 4.13. The van der Waals surface area contributed by atoms with Crippen molar-refractivity contribution in [1.29, 1.82) is 0 Å². The van der Waals surface area contributed by atoms with Gasteiger partial charge in [-0.25, -0.2) is 4.98 Å². The van der Waals surface area contributed by atoms with E-state index in [4.69, 9.17) is 25.8 Å². The van der Waals surface area contributed by atoms with E-state index in [9.17, 15) is 0 Å². The quantitative estimate of drug-likeness (QED) is 0.396. The third-order valence-electron chi connectivity index (χ3n) is 4.85. The molecule has 0 spiro atoms.